The Hall–Kier alpha value is -7.17. The molecule has 0 aliphatic heterocycles. The summed E-state index contributed by atoms with van der Waals surface area (Å²) in [6.45, 7) is 0. The molecule has 4 nitrogen and oxygen atoms in total. The predicted octanol–water partition coefficient (Wildman–Crippen LogP) is 13.9. The summed E-state index contributed by atoms with van der Waals surface area (Å²) in [5, 5.41) is 1.94. The number of oxazole rings is 1. The minimum Gasteiger partial charge on any atom is -0.456 e. The standard InChI is InChI=1S/C49H32N2O2/c1-4-11-33(12-5-1)37-15-10-16-38(31-37)34-19-24-41(25-20-34)51(40-17-8-3-9-18-40)42-26-21-35(22-27-42)39-23-29-45-43(32-39)47-46(52-45)30-28-44-48(47)53-49(50-44)36-13-6-2-7-14-36/h1-32H. The van der Waals surface area contributed by atoms with Gasteiger partial charge >= 0.3 is 0 Å². The van der Waals surface area contributed by atoms with Crippen LogP contribution in [0.1, 0.15) is 0 Å². The summed E-state index contributed by atoms with van der Waals surface area (Å²) < 4.78 is 12.7. The molecule has 250 valence electrons. The fourth-order valence-corrected chi connectivity index (χ4v) is 7.27. The SMILES string of the molecule is c1ccc(-c2cccc(-c3ccc(N(c4ccccc4)c4ccc(-c5ccc6oc7ccc8nc(-c9ccccc9)oc8c7c6c5)cc4)cc3)c2)cc1. The van der Waals surface area contributed by atoms with Gasteiger partial charge in [-0.25, -0.2) is 4.98 Å². The molecule has 2 heterocycles. The summed E-state index contributed by atoms with van der Waals surface area (Å²) in [6.07, 6.45) is 0. The molecule has 0 saturated heterocycles. The molecule has 4 heteroatoms. The summed E-state index contributed by atoms with van der Waals surface area (Å²) in [4.78, 5) is 7.10. The number of furan rings is 1. The van der Waals surface area contributed by atoms with Gasteiger partial charge in [0.2, 0.25) is 5.89 Å². The molecule has 0 radical (unpaired) electrons. The van der Waals surface area contributed by atoms with Crippen LogP contribution in [0.5, 0.6) is 0 Å². The zero-order valence-electron chi connectivity index (χ0n) is 28.7. The summed E-state index contributed by atoms with van der Waals surface area (Å²) in [6, 6.07) is 67.7. The van der Waals surface area contributed by atoms with E-state index in [1.807, 2.05) is 48.5 Å². The second-order valence-electron chi connectivity index (χ2n) is 13.2. The second kappa shape index (κ2) is 12.9. The lowest BCUT2D eigenvalue weighted by atomic mass is 9.99. The average molecular weight is 681 g/mol. The van der Waals surface area contributed by atoms with Gasteiger partial charge in [-0.2, -0.15) is 0 Å². The van der Waals surface area contributed by atoms with Gasteiger partial charge < -0.3 is 13.7 Å². The molecule has 0 atom stereocenters. The zero-order valence-corrected chi connectivity index (χ0v) is 28.7. The van der Waals surface area contributed by atoms with Gasteiger partial charge in [0.25, 0.3) is 0 Å². The Bertz CT molecular complexity index is 2860. The molecule has 10 aromatic rings. The van der Waals surface area contributed by atoms with Gasteiger partial charge in [-0.1, -0.05) is 115 Å². The van der Waals surface area contributed by atoms with Crippen LogP contribution >= 0.6 is 0 Å². The van der Waals surface area contributed by atoms with Crippen molar-refractivity contribution in [1.82, 2.24) is 4.98 Å². The maximum atomic E-state index is 6.38. The number of para-hydroxylation sites is 1. The first kappa shape index (κ1) is 30.6. The predicted molar refractivity (Wildman–Crippen MR) is 218 cm³/mol. The lowest BCUT2D eigenvalue weighted by Gasteiger charge is -2.26. The molecule has 0 bridgehead atoms. The summed E-state index contributed by atoms with van der Waals surface area (Å²) in [5.41, 5.74) is 14.3. The van der Waals surface area contributed by atoms with E-state index in [2.05, 4.69) is 150 Å². The molecule has 2 aromatic heterocycles. The maximum Gasteiger partial charge on any atom is 0.227 e. The topological polar surface area (TPSA) is 42.4 Å². The van der Waals surface area contributed by atoms with Gasteiger partial charge in [-0.3, -0.25) is 0 Å². The Morgan fingerprint density at radius 3 is 1.49 bits per heavy atom. The van der Waals surface area contributed by atoms with Crippen LogP contribution in [0.4, 0.5) is 17.1 Å². The molecule has 0 amide bonds. The van der Waals surface area contributed by atoms with Crippen LogP contribution in [0.25, 0.3) is 77.9 Å². The Morgan fingerprint density at radius 2 is 0.849 bits per heavy atom. The zero-order chi connectivity index (χ0) is 35.1. The van der Waals surface area contributed by atoms with E-state index < -0.39 is 0 Å². The number of hydrogen-bond donors (Lipinski definition) is 0. The summed E-state index contributed by atoms with van der Waals surface area (Å²) >= 11 is 0. The lowest BCUT2D eigenvalue weighted by molar-refractivity contribution is 0.622. The summed E-state index contributed by atoms with van der Waals surface area (Å²) in [7, 11) is 0. The van der Waals surface area contributed by atoms with E-state index >= 15 is 0 Å². The molecule has 53 heavy (non-hydrogen) atoms. The van der Waals surface area contributed by atoms with Crippen molar-refractivity contribution >= 4 is 50.1 Å². The fraction of sp³-hybridized carbons (Fsp3) is 0. The van der Waals surface area contributed by atoms with E-state index in [0.717, 1.165) is 66.8 Å². The van der Waals surface area contributed by atoms with Crippen LogP contribution < -0.4 is 4.90 Å². The van der Waals surface area contributed by atoms with E-state index in [0.29, 0.717) is 5.89 Å². The molecule has 0 fully saturated rings. The highest BCUT2D eigenvalue weighted by atomic mass is 16.4. The molecule has 8 aromatic carbocycles. The molecule has 0 unspecified atom stereocenters. The van der Waals surface area contributed by atoms with Gasteiger partial charge in [-0.15, -0.1) is 0 Å². The van der Waals surface area contributed by atoms with E-state index in [1.165, 1.54) is 22.3 Å². The molecule has 0 spiro atoms. The van der Waals surface area contributed by atoms with Crippen LogP contribution in [-0.4, -0.2) is 4.98 Å². The van der Waals surface area contributed by atoms with E-state index in [1.54, 1.807) is 0 Å². The number of anilines is 3. The Labute approximate surface area is 306 Å². The first-order valence-electron chi connectivity index (χ1n) is 17.8. The van der Waals surface area contributed by atoms with Crippen molar-refractivity contribution in [2.24, 2.45) is 0 Å². The number of rotatable bonds is 7. The Kier molecular flexibility index (Phi) is 7.43. The van der Waals surface area contributed by atoms with E-state index in [9.17, 15) is 0 Å². The van der Waals surface area contributed by atoms with Crippen LogP contribution in [0, 0.1) is 0 Å². The smallest absolute Gasteiger partial charge is 0.227 e. The van der Waals surface area contributed by atoms with Gasteiger partial charge in [0.05, 0.1) is 5.39 Å². The third-order valence-corrected chi connectivity index (χ3v) is 9.91. The van der Waals surface area contributed by atoms with Gasteiger partial charge in [-0.05, 0) is 112 Å². The molecule has 0 aliphatic carbocycles. The fourth-order valence-electron chi connectivity index (χ4n) is 7.27. The number of hydrogen-bond acceptors (Lipinski definition) is 4. The number of nitrogens with zero attached hydrogens (tertiary/aromatic N) is 2. The van der Waals surface area contributed by atoms with Crippen molar-refractivity contribution in [2.45, 2.75) is 0 Å². The monoisotopic (exact) mass is 680 g/mol. The molecular formula is C49H32N2O2. The third-order valence-electron chi connectivity index (χ3n) is 9.91. The highest BCUT2D eigenvalue weighted by Gasteiger charge is 2.18. The van der Waals surface area contributed by atoms with E-state index in [-0.39, 0.29) is 0 Å². The first-order valence-corrected chi connectivity index (χ1v) is 17.8. The van der Waals surface area contributed by atoms with Crippen LogP contribution in [0.15, 0.2) is 203 Å². The minimum atomic E-state index is 0.601. The van der Waals surface area contributed by atoms with Crippen molar-refractivity contribution in [3.63, 3.8) is 0 Å². The quantitative estimate of drug-likeness (QED) is 0.168. The van der Waals surface area contributed by atoms with Crippen molar-refractivity contribution in [2.75, 3.05) is 4.90 Å². The normalized spacial score (nSPS) is 11.4. The van der Waals surface area contributed by atoms with Crippen molar-refractivity contribution in [3.8, 4) is 44.8 Å². The largest absolute Gasteiger partial charge is 0.456 e. The molecule has 0 saturated carbocycles. The van der Waals surface area contributed by atoms with Crippen molar-refractivity contribution in [3.05, 3.63) is 194 Å². The van der Waals surface area contributed by atoms with Crippen LogP contribution in [0.3, 0.4) is 0 Å². The molecule has 0 N–H and O–H groups in total. The van der Waals surface area contributed by atoms with Crippen molar-refractivity contribution < 1.29 is 8.83 Å². The average Bonchev–Trinajstić information content (AvgIpc) is 3.84. The number of fused-ring (bicyclic) bond motifs is 5. The van der Waals surface area contributed by atoms with Gasteiger partial charge in [0.15, 0.2) is 5.58 Å². The Balaban J connectivity index is 0.992. The number of benzene rings is 8. The lowest BCUT2D eigenvalue weighted by Crippen LogP contribution is -2.09. The second-order valence-corrected chi connectivity index (χ2v) is 13.2. The van der Waals surface area contributed by atoms with Crippen LogP contribution in [-0.2, 0) is 0 Å². The molecule has 0 aliphatic rings. The highest BCUT2D eigenvalue weighted by Crippen LogP contribution is 2.40. The highest BCUT2D eigenvalue weighted by molar-refractivity contribution is 6.17. The van der Waals surface area contributed by atoms with Gasteiger partial charge in [0.1, 0.15) is 16.7 Å². The van der Waals surface area contributed by atoms with Crippen LogP contribution in [0.2, 0.25) is 0 Å². The third kappa shape index (κ3) is 5.63. The minimum absolute atomic E-state index is 0.601. The van der Waals surface area contributed by atoms with Gasteiger partial charge in [0, 0.05) is 28.0 Å². The Morgan fingerprint density at radius 1 is 0.358 bits per heavy atom. The number of aromatic nitrogens is 1. The van der Waals surface area contributed by atoms with Crippen molar-refractivity contribution in [1.29, 1.82) is 0 Å². The molecule has 10 rings (SSSR count). The first-order chi connectivity index (χ1) is 26.2. The molecular weight excluding hydrogens is 649 g/mol. The summed E-state index contributed by atoms with van der Waals surface area (Å²) in [5.74, 6) is 0.601. The van der Waals surface area contributed by atoms with E-state index in [4.69, 9.17) is 13.8 Å². The maximum absolute atomic E-state index is 6.38.